The monoisotopic (exact) mass is 415 g/mol. The maximum absolute atomic E-state index is 9.53. The lowest BCUT2D eigenvalue weighted by atomic mass is 10.2. The number of rotatable bonds is 1. The molecule has 22 heavy (non-hydrogen) atoms. The van der Waals surface area contributed by atoms with E-state index in [1.165, 1.54) is 10.8 Å². The second-order valence-corrected chi connectivity index (χ2v) is 7.01. The number of aromatic hydroxyl groups is 1. The molecule has 0 amide bonds. The van der Waals surface area contributed by atoms with Crippen molar-refractivity contribution in [1.82, 2.24) is 4.57 Å². The molecule has 1 heterocycles. The molecule has 1 N–H and O–H groups in total. The van der Waals surface area contributed by atoms with Gasteiger partial charge in [-0.25, -0.2) is 0 Å². The number of phenolic OH excluding ortho intramolecular Hbond substituents is 1. The first-order valence-corrected chi connectivity index (χ1v) is 8.41. The molecule has 108 valence electrons. The zero-order valence-electron chi connectivity index (χ0n) is 11.4. The minimum absolute atomic E-state index is 0.273. The van der Waals surface area contributed by atoms with E-state index in [0.29, 0.717) is 0 Å². The summed E-state index contributed by atoms with van der Waals surface area (Å²) < 4.78 is 4.33. The molecule has 0 saturated carbocycles. The van der Waals surface area contributed by atoms with E-state index < -0.39 is 0 Å². The number of nitrogens with zero attached hydrogens (tertiary/aromatic N) is 1. The quantitative estimate of drug-likeness (QED) is 0.403. The number of benzene rings is 3. The molecule has 0 aliphatic carbocycles. The van der Waals surface area contributed by atoms with Gasteiger partial charge in [0.2, 0.25) is 0 Å². The molecule has 1 aromatic heterocycles. The molecule has 0 radical (unpaired) electrons. The Morgan fingerprint density at radius 2 is 1.18 bits per heavy atom. The predicted octanol–water partition coefficient (Wildman–Crippen LogP) is 6.01. The molecular weight excluding hydrogens is 406 g/mol. The topological polar surface area (TPSA) is 25.2 Å². The van der Waals surface area contributed by atoms with E-state index in [0.717, 1.165) is 25.7 Å². The van der Waals surface area contributed by atoms with Gasteiger partial charge in [-0.15, -0.1) is 0 Å². The maximum Gasteiger partial charge on any atom is 0.115 e. The summed E-state index contributed by atoms with van der Waals surface area (Å²) in [7, 11) is 0. The summed E-state index contributed by atoms with van der Waals surface area (Å²) in [4.78, 5) is 0. The SMILES string of the molecule is Oc1ccc(-n2c3ccc(Br)cc3c3cc(Br)ccc32)cc1. The lowest BCUT2D eigenvalue weighted by Gasteiger charge is -2.08. The van der Waals surface area contributed by atoms with Gasteiger partial charge in [-0.1, -0.05) is 31.9 Å². The van der Waals surface area contributed by atoms with Crippen LogP contribution in [0.25, 0.3) is 27.5 Å². The van der Waals surface area contributed by atoms with Crippen LogP contribution in [0.3, 0.4) is 0 Å². The molecule has 3 aromatic carbocycles. The third-order valence-electron chi connectivity index (χ3n) is 3.80. The van der Waals surface area contributed by atoms with Crippen LogP contribution in [-0.4, -0.2) is 9.67 Å². The van der Waals surface area contributed by atoms with Gasteiger partial charge in [0, 0.05) is 25.4 Å². The van der Waals surface area contributed by atoms with Crippen molar-refractivity contribution >= 4 is 53.7 Å². The summed E-state index contributed by atoms with van der Waals surface area (Å²) in [6, 6.07) is 19.9. The fraction of sp³-hybridized carbons (Fsp3) is 0. The first kappa shape index (κ1) is 13.9. The predicted molar refractivity (Wildman–Crippen MR) is 97.8 cm³/mol. The molecule has 0 bridgehead atoms. The van der Waals surface area contributed by atoms with Crippen molar-refractivity contribution in [2.24, 2.45) is 0 Å². The summed E-state index contributed by atoms with van der Waals surface area (Å²) in [5.41, 5.74) is 3.31. The van der Waals surface area contributed by atoms with Crippen molar-refractivity contribution in [2.45, 2.75) is 0 Å². The number of hydrogen-bond acceptors (Lipinski definition) is 1. The van der Waals surface area contributed by atoms with Crippen molar-refractivity contribution in [2.75, 3.05) is 0 Å². The van der Waals surface area contributed by atoms with E-state index in [2.05, 4.69) is 60.7 Å². The van der Waals surface area contributed by atoms with Gasteiger partial charge in [-0.05, 0) is 60.7 Å². The van der Waals surface area contributed by atoms with Crippen LogP contribution < -0.4 is 0 Å². The highest BCUT2D eigenvalue weighted by Gasteiger charge is 2.12. The second kappa shape index (κ2) is 5.14. The van der Waals surface area contributed by atoms with Crippen LogP contribution in [0.1, 0.15) is 0 Å². The first-order chi connectivity index (χ1) is 10.6. The molecule has 0 saturated heterocycles. The Balaban J connectivity index is 2.17. The van der Waals surface area contributed by atoms with E-state index in [1.54, 1.807) is 12.1 Å². The number of fused-ring (bicyclic) bond motifs is 3. The Labute approximate surface area is 144 Å². The molecule has 4 heteroatoms. The summed E-state index contributed by atoms with van der Waals surface area (Å²) in [5.74, 6) is 0.273. The number of phenols is 1. The summed E-state index contributed by atoms with van der Waals surface area (Å²) in [6.07, 6.45) is 0. The molecule has 0 atom stereocenters. The van der Waals surface area contributed by atoms with Gasteiger partial charge in [0.05, 0.1) is 11.0 Å². The Morgan fingerprint density at radius 1 is 0.682 bits per heavy atom. The average Bonchev–Trinajstić information content (AvgIpc) is 2.81. The summed E-state index contributed by atoms with van der Waals surface area (Å²) in [5, 5.41) is 11.9. The van der Waals surface area contributed by atoms with E-state index in [4.69, 9.17) is 0 Å². The van der Waals surface area contributed by atoms with E-state index in [-0.39, 0.29) is 5.75 Å². The zero-order valence-corrected chi connectivity index (χ0v) is 14.6. The van der Waals surface area contributed by atoms with Crippen molar-refractivity contribution in [3.63, 3.8) is 0 Å². The summed E-state index contributed by atoms with van der Waals surface area (Å²) >= 11 is 7.12. The van der Waals surface area contributed by atoms with Gasteiger partial charge in [-0.3, -0.25) is 0 Å². The molecule has 0 fully saturated rings. The van der Waals surface area contributed by atoms with Crippen LogP contribution in [-0.2, 0) is 0 Å². The standard InChI is InChI=1S/C18H11Br2NO/c19-11-1-7-17-15(9-11)16-10-12(20)2-8-18(16)21(17)13-3-5-14(22)6-4-13/h1-10,22H. The van der Waals surface area contributed by atoms with Crippen LogP contribution in [0.4, 0.5) is 0 Å². The third-order valence-corrected chi connectivity index (χ3v) is 4.78. The van der Waals surface area contributed by atoms with Crippen molar-refractivity contribution in [3.8, 4) is 11.4 Å². The molecule has 0 aliphatic heterocycles. The fourth-order valence-corrected chi connectivity index (χ4v) is 3.57. The van der Waals surface area contributed by atoms with Crippen LogP contribution >= 0.6 is 31.9 Å². The highest BCUT2D eigenvalue weighted by molar-refractivity contribution is 9.10. The number of aromatic nitrogens is 1. The largest absolute Gasteiger partial charge is 0.508 e. The van der Waals surface area contributed by atoms with Gasteiger partial charge in [0.25, 0.3) is 0 Å². The fourth-order valence-electron chi connectivity index (χ4n) is 2.85. The average molecular weight is 417 g/mol. The minimum atomic E-state index is 0.273. The van der Waals surface area contributed by atoms with Crippen molar-refractivity contribution < 1.29 is 5.11 Å². The zero-order chi connectivity index (χ0) is 15.3. The Hall–Kier alpha value is -1.78. The van der Waals surface area contributed by atoms with Crippen LogP contribution in [0, 0.1) is 0 Å². The van der Waals surface area contributed by atoms with Crippen molar-refractivity contribution in [3.05, 3.63) is 69.6 Å². The Morgan fingerprint density at radius 3 is 1.68 bits per heavy atom. The molecule has 0 aliphatic rings. The minimum Gasteiger partial charge on any atom is -0.508 e. The third kappa shape index (κ3) is 2.14. The smallest absolute Gasteiger partial charge is 0.115 e. The number of hydrogen-bond donors (Lipinski definition) is 1. The van der Waals surface area contributed by atoms with E-state index >= 15 is 0 Å². The first-order valence-electron chi connectivity index (χ1n) is 6.82. The highest BCUT2D eigenvalue weighted by atomic mass is 79.9. The lowest BCUT2D eigenvalue weighted by molar-refractivity contribution is 0.475. The second-order valence-electron chi connectivity index (χ2n) is 5.17. The van der Waals surface area contributed by atoms with E-state index in [9.17, 15) is 5.11 Å². The van der Waals surface area contributed by atoms with Crippen LogP contribution in [0.2, 0.25) is 0 Å². The molecular formula is C18H11Br2NO. The van der Waals surface area contributed by atoms with Gasteiger partial charge in [-0.2, -0.15) is 0 Å². The molecule has 0 unspecified atom stereocenters. The maximum atomic E-state index is 9.53. The van der Waals surface area contributed by atoms with Crippen LogP contribution in [0.15, 0.2) is 69.6 Å². The van der Waals surface area contributed by atoms with Gasteiger partial charge >= 0.3 is 0 Å². The lowest BCUT2D eigenvalue weighted by Crippen LogP contribution is -1.92. The van der Waals surface area contributed by atoms with Gasteiger partial charge < -0.3 is 9.67 Å². The molecule has 0 spiro atoms. The number of halogens is 2. The van der Waals surface area contributed by atoms with E-state index in [1.807, 2.05) is 24.3 Å². The Kier molecular flexibility index (Phi) is 3.24. The molecule has 4 rings (SSSR count). The normalized spacial score (nSPS) is 11.4. The molecule has 4 aromatic rings. The van der Waals surface area contributed by atoms with Crippen molar-refractivity contribution in [1.29, 1.82) is 0 Å². The van der Waals surface area contributed by atoms with Crippen LogP contribution in [0.5, 0.6) is 5.75 Å². The van der Waals surface area contributed by atoms with Gasteiger partial charge in [0.1, 0.15) is 5.75 Å². The van der Waals surface area contributed by atoms with Gasteiger partial charge in [0.15, 0.2) is 0 Å². The summed E-state index contributed by atoms with van der Waals surface area (Å²) in [6.45, 7) is 0. The highest BCUT2D eigenvalue weighted by Crippen LogP contribution is 2.35. The Bertz CT molecular complexity index is 944. The molecule has 2 nitrogen and oxygen atoms in total.